The fourth-order valence-electron chi connectivity index (χ4n) is 3.55. The van der Waals surface area contributed by atoms with Crippen LogP contribution in [0.25, 0.3) is 6.08 Å². The van der Waals surface area contributed by atoms with Gasteiger partial charge in [-0.2, -0.15) is 0 Å². The molecule has 29 heavy (non-hydrogen) atoms. The summed E-state index contributed by atoms with van der Waals surface area (Å²) in [5.74, 6) is -0.390. The lowest BCUT2D eigenvalue weighted by Gasteiger charge is -2.27. The fourth-order valence-corrected chi connectivity index (χ4v) is 6.24. The highest BCUT2D eigenvalue weighted by Gasteiger charge is 2.37. The monoisotopic (exact) mass is 436 g/mol. The molecule has 2 aliphatic heterocycles. The van der Waals surface area contributed by atoms with E-state index in [4.69, 9.17) is 0 Å². The van der Waals surface area contributed by atoms with Crippen LogP contribution in [0.2, 0.25) is 0 Å². The molecule has 1 atom stereocenters. The van der Waals surface area contributed by atoms with Crippen molar-refractivity contribution in [2.75, 3.05) is 18.1 Å². The van der Waals surface area contributed by atoms with E-state index in [-0.39, 0.29) is 40.6 Å². The Balaban J connectivity index is 1.75. The van der Waals surface area contributed by atoms with Gasteiger partial charge in [0.2, 0.25) is 0 Å². The molecule has 0 bridgehead atoms. The summed E-state index contributed by atoms with van der Waals surface area (Å²) in [6, 6.07) is 6.26. The summed E-state index contributed by atoms with van der Waals surface area (Å²) in [6.07, 6.45) is 2.11. The minimum Gasteiger partial charge on any atom is -0.335 e. The maximum Gasteiger partial charge on any atom is 0.293 e. The van der Waals surface area contributed by atoms with Crippen LogP contribution in [-0.2, 0) is 14.6 Å². The number of amides is 3. The number of rotatable bonds is 5. The van der Waals surface area contributed by atoms with E-state index in [9.17, 15) is 22.8 Å². The first-order valence-corrected chi connectivity index (χ1v) is 12.1. The molecule has 0 radical (unpaired) electrons. The van der Waals surface area contributed by atoms with Crippen molar-refractivity contribution in [1.82, 2.24) is 9.80 Å². The molecule has 2 aliphatic rings. The Bertz CT molecular complexity index is 967. The van der Waals surface area contributed by atoms with Gasteiger partial charge in [-0.15, -0.1) is 0 Å². The zero-order valence-electron chi connectivity index (χ0n) is 16.6. The van der Waals surface area contributed by atoms with Crippen molar-refractivity contribution in [3.05, 3.63) is 40.3 Å². The zero-order valence-corrected chi connectivity index (χ0v) is 18.3. The first kappa shape index (κ1) is 21.6. The maximum atomic E-state index is 12.8. The molecule has 7 nitrogen and oxygen atoms in total. The molecule has 3 amide bonds. The van der Waals surface area contributed by atoms with Gasteiger partial charge >= 0.3 is 0 Å². The van der Waals surface area contributed by atoms with E-state index in [1.54, 1.807) is 49.1 Å². The molecule has 0 N–H and O–H groups in total. The second-order valence-corrected chi connectivity index (χ2v) is 10.6. The summed E-state index contributed by atoms with van der Waals surface area (Å²) >= 11 is 0.907. The van der Waals surface area contributed by atoms with Crippen molar-refractivity contribution in [3.8, 4) is 0 Å². The highest BCUT2D eigenvalue weighted by Crippen LogP contribution is 2.33. The van der Waals surface area contributed by atoms with Crippen LogP contribution >= 0.6 is 11.8 Å². The maximum absolute atomic E-state index is 12.8. The molecular formula is C20H24N2O5S2. The van der Waals surface area contributed by atoms with Crippen LogP contribution in [0.3, 0.4) is 0 Å². The van der Waals surface area contributed by atoms with Gasteiger partial charge in [0.15, 0.2) is 9.84 Å². The Hall–Kier alpha value is -2.13. The van der Waals surface area contributed by atoms with Crippen molar-refractivity contribution in [3.63, 3.8) is 0 Å². The van der Waals surface area contributed by atoms with Crippen molar-refractivity contribution < 1.29 is 22.8 Å². The third-order valence-corrected chi connectivity index (χ3v) is 7.68. The lowest BCUT2D eigenvalue weighted by Crippen LogP contribution is -2.40. The second-order valence-electron chi connectivity index (χ2n) is 7.42. The Morgan fingerprint density at radius 2 is 1.93 bits per heavy atom. The van der Waals surface area contributed by atoms with E-state index < -0.39 is 9.84 Å². The third kappa shape index (κ3) is 4.56. The predicted molar refractivity (Wildman–Crippen MR) is 113 cm³/mol. The standard InChI is InChI=1S/C20H24N2O5S2/c1-4-21(16-9-10-29(26,27)12-16)18(23)15-7-5-14(6-8-15)11-17-19(24)22(13(2)3)20(25)28-17/h5-8,11,13,16H,4,9-10,12H2,1-3H3. The van der Waals surface area contributed by atoms with Gasteiger partial charge in [-0.3, -0.25) is 19.3 Å². The quantitative estimate of drug-likeness (QED) is 0.659. The van der Waals surface area contributed by atoms with Crippen LogP contribution in [0.5, 0.6) is 0 Å². The van der Waals surface area contributed by atoms with Gasteiger partial charge in [0.05, 0.1) is 16.4 Å². The van der Waals surface area contributed by atoms with Crippen LogP contribution in [0.15, 0.2) is 29.2 Å². The normalized spacial score (nSPS) is 22.7. The lowest BCUT2D eigenvalue weighted by atomic mass is 10.1. The number of carbonyl (C=O) groups excluding carboxylic acids is 3. The number of benzene rings is 1. The molecule has 1 aromatic rings. The van der Waals surface area contributed by atoms with Crippen LogP contribution in [-0.4, -0.2) is 65.4 Å². The molecule has 1 aromatic carbocycles. The smallest absolute Gasteiger partial charge is 0.293 e. The van der Waals surface area contributed by atoms with E-state index in [1.165, 1.54) is 4.90 Å². The summed E-state index contributed by atoms with van der Waals surface area (Å²) in [6.45, 7) is 5.84. The average molecular weight is 437 g/mol. The van der Waals surface area contributed by atoms with E-state index >= 15 is 0 Å². The number of sulfone groups is 1. The molecule has 0 spiro atoms. The van der Waals surface area contributed by atoms with Crippen LogP contribution in [0, 0.1) is 0 Å². The number of nitrogens with zero attached hydrogens (tertiary/aromatic N) is 2. The largest absolute Gasteiger partial charge is 0.335 e. The van der Waals surface area contributed by atoms with Crippen LogP contribution in [0.1, 0.15) is 43.1 Å². The molecule has 0 saturated carbocycles. The van der Waals surface area contributed by atoms with Gasteiger partial charge in [0, 0.05) is 24.2 Å². The third-order valence-electron chi connectivity index (χ3n) is 5.05. The van der Waals surface area contributed by atoms with E-state index in [0.29, 0.717) is 29.0 Å². The van der Waals surface area contributed by atoms with Crippen molar-refractivity contribution in [1.29, 1.82) is 0 Å². The van der Waals surface area contributed by atoms with E-state index in [1.807, 2.05) is 6.92 Å². The van der Waals surface area contributed by atoms with Crippen LogP contribution in [0.4, 0.5) is 4.79 Å². The number of imide groups is 1. The highest BCUT2D eigenvalue weighted by atomic mass is 32.2. The van der Waals surface area contributed by atoms with Crippen LogP contribution < -0.4 is 0 Å². The molecule has 0 aromatic heterocycles. The fraction of sp³-hybridized carbons (Fsp3) is 0.450. The van der Waals surface area contributed by atoms with E-state index in [0.717, 1.165) is 11.8 Å². The molecule has 3 rings (SSSR count). The molecule has 1 unspecified atom stereocenters. The Morgan fingerprint density at radius 3 is 2.41 bits per heavy atom. The van der Waals surface area contributed by atoms with Gasteiger partial charge in [0.25, 0.3) is 17.1 Å². The molecule has 9 heteroatoms. The van der Waals surface area contributed by atoms with Crippen molar-refractivity contribution in [2.45, 2.75) is 39.3 Å². The number of thioether (sulfide) groups is 1. The SMILES string of the molecule is CCN(C(=O)c1ccc(C=C2SC(=O)N(C(C)C)C2=O)cc1)C1CCS(=O)(=O)C1. The Labute approximate surface area is 175 Å². The van der Waals surface area contributed by atoms with Gasteiger partial charge < -0.3 is 4.90 Å². The molecular weight excluding hydrogens is 412 g/mol. The molecule has 2 fully saturated rings. The average Bonchev–Trinajstić information content (AvgIpc) is 3.14. The first-order chi connectivity index (χ1) is 13.6. The van der Waals surface area contributed by atoms with Gasteiger partial charge in [0.1, 0.15) is 0 Å². The molecule has 2 saturated heterocycles. The number of hydrogen-bond acceptors (Lipinski definition) is 6. The molecule has 156 valence electrons. The Kier molecular flexibility index (Phi) is 6.19. The summed E-state index contributed by atoms with van der Waals surface area (Å²) in [5.41, 5.74) is 1.17. The second kappa shape index (κ2) is 8.31. The summed E-state index contributed by atoms with van der Waals surface area (Å²) < 4.78 is 23.5. The summed E-state index contributed by atoms with van der Waals surface area (Å²) in [5, 5.41) is -0.284. The topological polar surface area (TPSA) is 91.8 Å². The first-order valence-electron chi connectivity index (χ1n) is 9.51. The van der Waals surface area contributed by atoms with Crippen molar-refractivity contribution >= 4 is 44.7 Å². The lowest BCUT2D eigenvalue weighted by molar-refractivity contribution is -0.123. The summed E-state index contributed by atoms with van der Waals surface area (Å²) in [4.78, 5) is 40.4. The van der Waals surface area contributed by atoms with Gasteiger partial charge in [-0.25, -0.2) is 8.42 Å². The van der Waals surface area contributed by atoms with E-state index in [2.05, 4.69) is 0 Å². The molecule has 0 aliphatic carbocycles. The number of hydrogen-bond donors (Lipinski definition) is 0. The zero-order chi connectivity index (χ0) is 21.3. The predicted octanol–water partition coefficient (Wildman–Crippen LogP) is 2.78. The Morgan fingerprint density at radius 1 is 1.28 bits per heavy atom. The molecule has 2 heterocycles. The van der Waals surface area contributed by atoms with Crippen molar-refractivity contribution in [2.24, 2.45) is 0 Å². The van der Waals surface area contributed by atoms with Gasteiger partial charge in [-0.1, -0.05) is 12.1 Å². The number of carbonyl (C=O) groups is 3. The highest BCUT2D eigenvalue weighted by molar-refractivity contribution is 8.18. The van der Waals surface area contributed by atoms with Gasteiger partial charge in [-0.05, 0) is 62.7 Å². The summed E-state index contributed by atoms with van der Waals surface area (Å²) in [7, 11) is -3.07. The minimum atomic E-state index is -3.07. The minimum absolute atomic E-state index is 0.0104.